The number of hydrogen-bond acceptors (Lipinski definition) is 5. The van der Waals surface area contributed by atoms with Crippen LogP contribution in [0, 0.1) is 5.92 Å². The first kappa shape index (κ1) is 21.4. The van der Waals surface area contributed by atoms with E-state index in [2.05, 4.69) is 20.9 Å². The summed E-state index contributed by atoms with van der Waals surface area (Å²) in [6, 6.07) is -0.107. The molecule has 0 aromatic rings. The molecule has 0 aromatic heterocycles. The molecule has 0 unspecified atom stereocenters. The van der Waals surface area contributed by atoms with Gasteiger partial charge in [-0.2, -0.15) is 0 Å². The van der Waals surface area contributed by atoms with Crippen molar-refractivity contribution in [3.63, 3.8) is 0 Å². The van der Waals surface area contributed by atoms with Crippen molar-refractivity contribution in [2.75, 3.05) is 32.8 Å². The van der Waals surface area contributed by atoms with E-state index in [0.717, 1.165) is 38.6 Å². The number of carbonyl (C=O) groups excluding carboxylic acids is 3. The Hall–Kier alpha value is -1.87. The second-order valence-corrected chi connectivity index (χ2v) is 9.43. The Labute approximate surface area is 178 Å². The zero-order valence-corrected chi connectivity index (χ0v) is 18.1. The molecule has 1 aliphatic carbocycles. The second-order valence-electron chi connectivity index (χ2n) is 9.43. The number of nitrogens with zero attached hydrogens (tertiary/aromatic N) is 2. The number of piperazine rings is 1. The van der Waals surface area contributed by atoms with Crippen LogP contribution < -0.4 is 16.0 Å². The van der Waals surface area contributed by atoms with Crippen LogP contribution in [0.5, 0.6) is 0 Å². The number of hydrogen-bond donors (Lipinski definition) is 3. The molecule has 9 nitrogen and oxygen atoms in total. The van der Waals surface area contributed by atoms with Crippen molar-refractivity contribution >= 4 is 17.8 Å². The first-order valence-electron chi connectivity index (χ1n) is 11.4. The lowest BCUT2D eigenvalue weighted by molar-refractivity contribution is -0.147. The van der Waals surface area contributed by atoms with E-state index in [4.69, 9.17) is 4.74 Å². The maximum atomic E-state index is 13.4. The summed E-state index contributed by atoms with van der Waals surface area (Å²) in [5.74, 6) is 0.276. The molecule has 3 heterocycles. The van der Waals surface area contributed by atoms with Gasteiger partial charge in [-0.15, -0.1) is 0 Å². The van der Waals surface area contributed by atoms with E-state index in [1.807, 2.05) is 18.7 Å². The van der Waals surface area contributed by atoms with Crippen LogP contribution in [0.25, 0.3) is 0 Å². The highest BCUT2D eigenvalue weighted by Gasteiger charge is 2.47. The van der Waals surface area contributed by atoms with Gasteiger partial charge in [0.2, 0.25) is 11.8 Å². The van der Waals surface area contributed by atoms with Gasteiger partial charge in [-0.05, 0) is 46.0 Å². The fourth-order valence-corrected chi connectivity index (χ4v) is 4.97. The molecule has 0 bridgehead atoms. The molecule has 3 N–H and O–H groups in total. The van der Waals surface area contributed by atoms with Crippen LogP contribution in [0.15, 0.2) is 0 Å². The molecule has 0 radical (unpaired) electrons. The van der Waals surface area contributed by atoms with Gasteiger partial charge in [0.15, 0.2) is 0 Å². The van der Waals surface area contributed by atoms with E-state index >= 15 is 0 Å². The third-order valence-electron chi connectivity index (χ3n) is 6.64. The van der Waals surface area contributed by atoms with Crippen molar-refractivity contribution in [3.05, 3.63) is 0 Å². The first-order valence-corrected chi connectivity index (χ1v) is 11.4. The van der Waals surface area contributed by atoms with E-state index in [0.29, 0.717) is 32.3 Å². The summed E-state index contributed by atoms with van der Waals surface area (Å²) in [7, 11) is 0. The summed E-state index contributed by atoms with van der Waals surface area (Å²) in [6.45, 7) is 6.95. The van der Waals surface area contributed by atoms with E-state index in [1.54, 1.807) is 0 Å². The molecule has 4 aliphatic rings. The number of nitrogens with one attached hydrogen (secondary N) is 3. The highest BCUT2D eigenvalue weighted by atomic mass is 16.5. The molecule has 9 heteroatoms. The average molecular weight is 422 g/mol. The molecule has 4 amide bonds. The van der Waals surface area contributed by atoms with Crippen molar-refractivity contribution in [2.45, 2.75) is 76.2 Å². The van der Waals surface area contributed by atoms with Crippen LogP contribution >= 0.6 is 0 Å². The molecular formula is C21H35N5O4. The van der Waals surface area contributed by atoms with Gasteiger partial charge < -0.3 is 25.6 Å². The van der Waals surface area contributed by atoms with Crippen molar-refractivity contribution in [2.24, 2.45) is 5.92 Å². The van der Waals surface area contributed by atoms with Crippen molar-refractivity contribution in [1.29, 1.82) is 0 Å². The minimum absolute atomic E-state index is 0.0472. The number of urea groups is 1. The fraction of sp³-hybridized carbons (Fsp3) is 0.857. The second kappa shape index (κ2) is 9.09. The Morgan fingerprint density at radius 1 is 1.10 bits per heavy atom. The predicted octanol–water partition coefficient (Wildman–Crippen LogP) is 0.0529. The molecule has 3 saturated heterocycles. The first-order chi connectivity index (χ1) is 14.4. The number of ether oxygens (including phenoxy) is 1. The summed E-state index contributed by atoms with van der Waals surface area (Å²) < 4.78 is 5.52. The minimum atomic E-state index is -0.338. The van der Waals surface area contributed by atoms with Crippen molar-refractivity contribution in [3.8, 4) is 0 Å². The van der Waals surface area contributed by atoms with Gasteiger partial charge in [-0.25, -0.2) is 4.79 Å². The summed E-state index contributed by atoms with van der Waals surface area (Å²) >= 11 is 0. The third kappa shape index (κ3) is 4.88. The summed E-state index contributed by atoms with van der Waals surface area (Å²) in [6.07, 6.45) is 4.48. The summed E-state index contributed by atoms with van der Waals surface area (Å²) in [5, 5.41) is 8.89. The average Bonchev–Trinajstić information content (AvgIpc) is 3.48. The highest BCUT2D eigenvalue weighted by Crippen LogP contribution is 2.31. The van der Waals surface area contributed by atoms with Gasteiger partial charge in [0.1, 0.15) is 6.04 Å². The Kier molecular flexibility index (Phi) is 6.48. The molecule has 4 fully saturated rings. The van der Waals surface area contributed by atoms with Gasteiger partial charge in [0, 0.05) is 56.9 Å². The summed E-state index contributed by atoms with van der Waals surface area (Å²) in [4.78, 5) is 42.0. The molecule has 4 rings (SSSR count). The SMILES string of the molecule is CC(C)NC(=O)N[C@H]1C[C@H]2CN(C3CCOCC3)[C@@H](CNC(=O)C3CC3)C(=O)N2C1. The van der Waals surface area contributed by atoms with Crippen molar-refractivity contribution < 1.29 is 19.1 Å². The minimum Gasteiger partial charge on any atom is -0.381 e. The largest absolute Gasteiger partial charge is 0.381 e. The lowest BCUT2D eigenvalue weighted by atomic mass is 9.98. The lowest BCUT2D eigenvalue weighted by Gasteiger charge is -2.47. The number of amides is 4. The Bertz CT molecular complexity index is 662. The molecule has 0 aromatic carbocycles. The van der Waals surface area contributed by atoms with Gasteiger partial charge in [-0.1, -0.05) is 0 Å². The van der Waals surface area contributed by atoms with E-state index in [1.165, 1.54) is 0 Å². The smallest absolute Gasteiger partial charge is 0.315 e. The topological polar surface area (TPSA) is 103 Å². The highest BCUT2D eigenvalue weighted by molar-refractivity contribution is 5.86. The van der Waals surface area contributed by atoms with Crippen LogP contribution in [0.1, 0.15) is 46.0 Å². The van der Waals surface area contributed by atoms with E-state index < -0.39 is 0 Å². The zero-order chi connectivity index (χ0) is 21.3. The number of fused-ring (bicyclic) bond motifs is 1. The molecule has 0 spiro atoms. The molecule has 30 heavy (non-hydrogen) atoms. The van der Waals surface area contributed by atoms with Crippen LogP contribution in [0.4, 0.5) is 4.79 Å². The molecule has 1 saturated carbocycles. The van der Waals surface area contributed by atoms with Gasteiger partial charge in [0.05, 0.1) is 6.04 Å². The standard InChI is InChI=1S/C21H35N5O4/c1-13(2)23-21(29)24-15-9-17-12-25(16-5-7-30-8-6-16)18(20(28)26(17)11-15)10-22-19(27)14-3-4-14/h13-18H,3-12H2,1-2H3,(H,22,27)(H2,23,24,29)/t15-,17-,18-/m0/s1. The van der Waals surface area contributed by atoms with Gasteiger partial charge >= 0.3 is 6.03 Å². The van der Waals surface area contributed by atoms with Gasteiger partial charge in [0.25, 0.3) is 0 Å². The lowest BCUT2D eigenvalue weighted by Crippen LogP contribution is -2.65. The van der Waals surface area contributed by atoms with Crippen molar-refractivity contribution in [1.82, 2.24) is 25.8 Å². The molecule has 3 aliphatic heterocycles. The van der Waals surface area contributed by atoms with Crippen LogP contribution in [-0.2, 0) is 14.3 Å². The Morgan fingerprint density at radius 2 is 1.83 bits per heavy atom. The Morgan fingerprint density at radius 3 is 2.50 bits per heavy atom. The molecule has 168 valence electrons. The van der Waals surface area contributed by atoms with Crippen LogP contribution in [0.3, 0.4) is 0 Å². The fourth-order valence-electron chi connectivity index (χ4n) is 4.97. The van der Waals surface area contributed by atoms with Crippen LogP contribution in [0.2, 0.25) is 0 Å². The maximum absolute atomic E-state index is 13.4. The number of rotatable bonds is 6. The predicted molar refractivity (Wildman–Crippen MR) is 111 cm³/mol. The molecular weight excluding hydrogens is 386 g/mol. The quantitative estimate of drug-likeness (QED) is 0.563. The zero-order valence-electron chi connectivity index (χ0n) is 18.1. The molecule has 3 atom stereocenters. The maximum Gasteiger partial charge on any atom is 0.315 e. The van der Waals surface area contributed by atoms with Gasteiger partial charge in [-0.3, -0.25) is 14.5 Å². The van der Waals surface area contributed by atoms with E-state index in [9.17, 15) is 14.4 Å². The number of carbonyl (C=O) groups is 3. The third-order valence-corrected chi connectivity index (χ3v) is 6.64. The normalized spacial score (nSPS) is 30.3. The van der Waals surface area contributed by atoms with E-state index in [-0.39, 0.29) is 47.9 Å². The summed E-state index contributed by atoms with van der Waals surface area (Å²) in [5.41, 5.74) is 0. The van der Waals surface area contributed by atoms with Crippen LogP contribution in [-0.4, -0.2) is 90.7 Å². The monoisotopic (exact) mass is 421 g/mol. The Balaban J connectivity index is 1.42.